The zero-order chi connectivity index (χ0) is 14.6. The van der Waals surface area contributed by atoms with Gasteiger partial charge in [-0.15, -0.1) is 0 Å². The van der Waals surface area contributed by atoms with Crippen LogP contribution in [0.3, 0.4) is 0 Å². The molecule has 0 radical (unpaired) electrons. The molecule has 0 bridgehead atoms. The lowest BCUT2D eigenvalue weighted by atomic mass is 10.1. The number of hydrogen-bond donors (Lipinski definition) is 1. The smallest absolute Gasteiger partial charge is 0.303 e. The number of thioether (sulfide) groups is 1. The number of carbonyl (C=O) groups is 2. The van der Waals surface area contributed by atoms with Crippen molar-refractivity contribution < 1.29 is 14.7 Å². The molecule has 112 valence electrons. The maximum absolute atomic E-state index is 12.2. The maximum Gasteiger partial charge on any atom is 0.303 e. The van der Waals surface area contributed by atoms with Gasteiger partial charge in [0, 0.05) is 12.2 Å². The zero-order valence-electron chi connectivity index (χ0n) is 12.1. The van der Waals surface area contributed by atoms with Crippen LogP contribution in [0.4, 0.5) is 0 Å². The third kappa shape index (κ3) is 4.01. The SMILES string of the molecule is CCN(C(=O)CSCC1(CC(=O)O)CC1)C1=CCCC1. The number of allylic oxidation sites excluding steroid dienone is 2. The molecule has 0 heterocycles. The van der Waals surface area contributed by atoms with Crippen molar-refractivity contribution in [2.24, 2.45) is 5.41 Å². The minimum atomic E-state index is -0.722. The van der Waals surface area contributed by atoms with Gasteiger partial charge in [-0.25, -0.2) is 0 Å². The molecule has 2 aliphatic rings. The molecule has 1 N–H and O–H groups in total. The van der Waals surface area contributed by atoms with E-state index in [-0.39, 0.29) is 17.7 Å². The minimum absolute atomic E-state index is 0.0273. The van der Waals surface area contributed by atoms with Crippen LogP contribution in [0.5, 0.6) is 0 Å². The molecule has 4 nitrogen and oxygen atoms in total. The highest BCUT2D eigenvalue weighted by atomic mass is 32.2. The first-order chi connectivity index (χ1) is 9.56. The van der Waals surface area contributed by atoms with Gasteiger partial charge < -0.3 is 10.0 Å². The Labute approximate surface area is 124 Å². The van der Waals surface area contributed by atoms with Crippen LogP contribution in [-0.2, 0) is 9.59 Å². The Morgan fingerprint density at radius 3 is 2.70 bits per heavy atom. The number of hydrogen-bond acceptors (Lipinski definition) is 3. The predicted molar refractivity (Wildman–Crippen MR) is 80.6 cm³/mol. The predicted octanol–water partition coefficient (Wildman–Crippen LogP) is 2.89. The van der Waals surface area contributed by atoms with Gasteiger partial charge in [-0.1, -0.05) is 6.08 Å². The maximum atomic E-state index is 12.2. The summed E-state index contributed by atoms with van der Waals surface area (Å²) in [4.78, 5) is 24.9. The van der Waals surface area contributed by atoms with Gasteiger partial charge in [-0.05, 0) is 50.2 Å². The van der Waals surface area contributed by atoms with Crippen LogP contribution in [-0.4, -0.2) is 39.9 Å². The molecule has 0 saturated heterocycles. The molecular weight excluding hydrogens is 274 g/mol. The Kier molecular flexibility index (Phi) is 5.13. The van der Waals surface area contributed by atoms with Crippen LogP contribution in [0, 0.1) is 5.41 Å². The summed E-state index contributed by atoms with van der Waals surface area (Å²) in [5.74, 6) is 0.700. The second-order valence-electron chi connectivity index (χ2n) is 5.79. The van der Waals surface area contributed by atoms with Gasteiger partial charge in [0.25, 0.3) is 0 Å². The summed E-state index contributed by atoms with van der Waals surface area (Å²) in [5.41, 5.74) is 1.14. The first-order valence-electron chi connectivity index (χ1n) is 7.35. The van der Waals surface area contributed by atoms with Gasteiger partial charge in [-0.3, -0.25) is 9.59 Å². The van der Waals surface area contributed by atoms with Crippen LogP contribution in [0.15, 0.2) is 11.8 Å². The van der Waals surface area contributed by atoms with E-state index in [0.717, 1.165) is 44.4 Å². The summed E-state index contributed by atoms with van der Waals surface area (Å²) in [5, 5.41) is 8.88. The van der Waals surface area contributed by atoms with E-state index >= 15 is 0 Å². The largest absolute Gasteiger partial charge is 0.481 e. The number of carboxylic acid groups (broad SMARTS) is 1. The van der Waals surface area contributed by atoms with Gasteiger partial charge in [0.05, 0.1) is 12.2 Å². The Balaban J connectivity index is 1.75. The number of aliphatic carboxylic acids is 1. The third-order valence-electron chi connectivity index (χ3n) is 4.10. The fourth-order valence-electron chi connectivity index (χ4n) is 2.74. The molecule has 20 heavy (non-hydrogen) atoms. The summed E-state index contributed by atoms with van der Waals surface area (Å²) in [6.07, 6.45) is 7.62. The van der Waals surface area contributed by atoms with E-state index in [1.54, 1.807) is 11.8 Å². The van der Waals surface area contributed by atoms with Gasteiger partial charge in [0.15, 0.2) is 0 Å². The fraction of sp³-hybridized carbons (Fsp3) is 0.733. The van der Waals surface area contributed by atoms with Crippen molar-refractivity contribution >= 4 is 23.6 Å². The van der Waals surface area contributed by atoms with E-state index in [9.17, 15) is 9.59 Å². The Morgan fingerprint density at radius 1 is 1.45 bits per heavy atom. The van der Waals surface area contributed by atoms with E-state index in [4.69, 9.17) is 5.11 Å². The van der Waals surface area contributed by atoms with Crippen LogP contribution in [0.1, 0.15) is 45.4 Å². The lowest BCUT2D eigenvalue weighted by molar-refractivity contribution is -0.138. The highest BCUT2D eigenvalue weighted by Crippen LogP contribution is 2.51. The Morgan fingerprint density at radius 2 is 2.20 bits per heavy atom. The highest BCUT2D eigenvalue weighted by molar-refractivity contribution is 7.99. The van der Waals surface area contributed by atoms with Gasteiger partial charge in [-0.2, -0.15) is 11.8 Å². The fourth-order valence-corrected chi connectivity index (χ4v) is 4.00. The average Bonchev–Trinajstić information content (AvgIpc) is 2.92. The van der Waals surface area contributed by atoms with Crippen LogP contribution >= 0.6 is 11.8 Å². The van der Waals surface area contributed by atoms with Crippen molar-refractivity contribution in [2.75, 3.05) is 18.1 Å². The molecule has 0 unspecified atom stereocenters. The molecule has 1 saturated carbocycles. The third-order valence-corrected chi connectivity index (χ3v) is 5.37. The Hall–Kier alpha value is -0.970. The minimum Gasteiger partial charge on any atom is -0.481 e. The molecule has 2 aliphatic carbocycles. The molecule has 0 aliphatic heterocycles. The quantitative estimate of drug-likeness (QED) is 0.748. The molecule has 0 aromatic heterocycles. The topological polar surface area (TPSA) is 57.6 Å². The van der Waals surface area contributed by atoms with Crippen molar-refractivity contribution in [1.29, 1.82) is 0 Å². The van der Waals surface area contributed by atoms with Gasteiger partial charge >= 0.3 is 5.97 Å². The molecule has 2 rings (SSSR count). The average molecular weight is 297 g/mol. The first kappa shape index (κ1) is 15.4. The van der Waals surface area contributed by atoms with Crippen LogP contribution < -0.4 is 0 Å². The highest BCUT2D eigenvalue weighted by Gasteiger charge is 2.44. The van der Waals surface area contributed by atoms with Crippen molar-refractivity contribution in [3.8, 4) is 0 Å². The monoisotopic (exact) mass is 297 g/mol. The summed E-state index contributed by atoms with van der Waals surface area (Å²) >= 11 is 1.59. The molecule has 0 atom stereocenters. The van der Waals surface area contributed by atoms with Crippen LogP contribution in [0.2, 0.25) is 0 Å². The van der Waals surface area contributed by atoms with Crippen molar-refractivity contribution in [2.45, 2.75) is 45.4 Å². The van der Waals surface area contributed by atoms with E-state index in [2.05, 4.69) is 6.08 Å². The van der Waals surface area contributed by atoms with E-state index in [0.29, 0.717) is 5.75 Å². The van der Waals surface area contributed by atoms with E-state index in [1.807, 2.05) is 11.8 Å². The first-order valence-corrected chi connectivity index (χ1v) is 8.51. The molecule has 0 spiro atoms. The molecule has 1 fully saturated rings. The Bertz CT molecular complexity index is 415. The summed E-state index contributed by atoms with van der Waals surface area (Å²) in [6, 6.07) is 0. The molecule has 1 amide bonds. The summed E-state index contributed by atoms with van der Waals surface area (Å²) in [6.45, 7) is 2.74. The molecular formula is C15H23NO3S. The number of amides is 1. The zero-order valence-corrected chi connectivity index (χ0v) is 12.9. The summed E-state index contributed by atoms with van der Waals surface area (Å²) < 4.78 is 0. The number of nitrogens with zero attached hydrogens (tertiary/aromatic N) is 1. The van der Waals surface area contributed by atoms with Crippen molar-refractivity contribution in [1.82, 2.24) is 4.90 Å². The van der Waals surface area contributed by atoms with Gasteiger partial charge in [0.2, 0.25) is 5.91 Å². The second-order valence-corrected chi connectivity index (χ2v) is 6.77. The molecule has 5 heteroatoms. The lowest BCUT2D eigenvalue weighted by Gasteiger charge is -2.22. The van der Waals surface area contributed by atoms with Crippen molar-refractivity contribution in [3.05, 3.63) is 11.8 Å². The molecule has 0 aromatic rings. The van der Waals surface area contributed by atoms with Crippen molar-refractivity contribution in [3.63, 3.8) is 0 Å². The normalized spacial score (nSPS) is 19.6. The van der Waals surface area contributed by atoms with Crippen LogP contribution in [0.25, 0.3) is 0 Å². The van der Waals surface area contributed by atoms with E-state index in [1.165, 1.54) is 5.70 Å². The standard InChI is InChI=1S/C15H23NO3S/c1-2-16(12-5-3-4-6-12)13(17)10-20-11-15(7-8-15)9-14(18)19/h5H,2-4,6-11H2,1H3,(H,18,19). The second kappa shape index (κ2) is 6.66. The number of carbonyl (C=O) groups excluding carboxylic acids is 1. The number of carboxylic acids is 1. The summed E-state index contributed by atoms with van der Waals surface area (Å²) in [7, 11) is 0. The van der Waals surface area contributed by atoms with E-state index < -0.39 is 5.97 Å². The number of rotatable bonds is 8. The molecule has 0 aromatic carbocycles. The van der Waals surface area contributed by atoms with Gasteiger partial charge in [0.1, 0.15) is 0 Å². The lowest BCUT2D eigenvalue weighted by Crippen LogP contribution is -2.31.